The number of carbonyl (C=O) groups is 1. The highest BCUT2D eigenvalue weighted by atomic mass is 35.5. The standard InChI is InChI=1S/C14H26N2O.ClH/c1-14(2)7-4-12(5-8-14)16(3)13(17)11-6-9-15-10-11;/h11-12,15H,4-10H2,1-3H3;1H. The molecule has 1 N–H and O–H groups in total. The van der Waals surface area contributed by atoms with E-state index in [-0.39, 0.29) is 18.3 Å². The van der Waals surface area contributed by atoms with Crippen LogP contribution in [0.15, 0.2) is 0 Å². The van der Waals surface area contributed by atoms with Crippen molar-refractivity contribution in [2.24, 2.45) is 11.3 Å². The Balaban J connectivity index is 0.00000162. The van der Waals surface area contributed by atoms with Crippen LogP contribution in [0.5, 0.6) is 0 Å². The normalized spacial score (nSPS) is 27.6. The lowest BCUT2D eigenvalue weighted by Crippen LogP contribution is -2.44. The minimum atomic E-state index is 0. The van der Waals surface area contributed by atoms with Crippen molar-refractivity contribution in [2.45, 2.75) is 52.0 Å². The van der Waals surface area contributed by atoms with Gasteiger partial charge in [0.1, 0.15) is 0 Å². The molecule has 1 aliphatic heterocycles. The van der Waals surface area contributed by atoms with Crippen molar-refractivity contribution in [2.75, 3.05) is 20.1 Å². The average molecular weight is 275 g/mol. The first-order valence-corrected chi connectivity index (χ1v) is 6.97. The molecule has 18 heavy (non-hydrogen) atoms. The summed E-state index contributed by atoms with van der Waals surface area (Å²) in [7, 11) is 2.00. The summed E-state index contributed by atoms with van der Waals surface area (Å²) >= 11 is 0. The predicted octanol–water partition coefficient (Wildman–Crippen LogP) is 2.44. The highest BCUT2D eigenvalue weighted by Crippen LogP contribution is 2.36. The van der Waals surface area contributed by atoms with Crippen molar-refractivity contribution in [3.05, 3.63) is 0 Å². The highest BCUT2D eigenvalue weighted by Gasteiger charge is 2.33. The number of nitrogens with zero attached hydrogens (tertiary/aromatic N) is 1. The Kier molecular flexibility index (Phi) is 5.47. The summed E-state index contributed by atoms with van der Waals surface area (Å²) in [6.45, 7) is 6.56. The minimum Gasteiger partial charge on any atom is -0.342 e. The van der Waals surface area contributed by atoms with E-state index in [0.717, 1.165) is 19.5 Å². The number of nitrogens with one attached hydrogen (secondary N) is 1. The average Bonchev–Trinajstić information content (AvgIpc) is 2.80. The molecule has 1 aliphatic carbocycles. The molecule has 1 atom stereocenters. The van der Waals surface area contributed by atoms with Gasteiger partial charge in [-0.2, -0.15) is 0 Å². The van der Waals surface area contributed by atoms with E-state index in [2.05, 4.69) is 19.2 Å². The molecule has 1 amide bonds. The van der Waals surface area contributed by atoms with Crippen LogP contribution in [0.3, 0.4) is 0 Å². The van der Waals surface area contributed by atoms with Gasteiger partial charge in [0.25, 0.3) is 0 Å². The number of hydrogen-bond acceptors (Lipinski definition) is 2. The first-order chi connectivity index (χ1) is 7.99. The van der Waals surface area contributed by atoms with Crippen LogP contribution < -0.4 is 5.32 Å². The Morgan fingerprint density at radius 2 is 1.83 bits per heavy atom. The smallest absolute Gasteiger partial charge is 0.227 e. The summed E-state index contributed by atoms with van der Waals surface area (Å²) in [6, 6.07) is 0.483. The Labute approximate surface area is 117 Å². The number of hydrogen-bond donors (Lipinski definition) is 1. The van der Waals surface area contributed by atoms with E-state index in [1.165, 1.54) is 25.7 Å². The SMILES string of the molecule is CN(C(=O)C1CCNC1)C1CCC(C)(C)CC1.Cl. The molecule has 0 bridgehead atoms. The molecule has 1 unspecified atom stereocenters. The third kappa shape index (κ3) is 3.61. The van der Waals surface area contributed by atoms with Crippen LogP contribution in [0.4, 0.5) is 0 Å². The second-order valence-corrected chi connectivity index (χ2v) is 6.53. The first kappa shape index (κ1) is 15.8. The monoisotopic (exact) mass is 274 g/mol. The van der Waals surface area contributed by atoms with E-state index >= 15 is 0 Å². The molecule has 0 radical (unpaired) electrons. The lowest BCUT2D eigenvalue weighted by Gasteiger charge is -2.39. The van der Waals surface area contributed by atoms with Gasteiger partial charge in [-0.05, 0) is 44.1 Å². The zero-order chi connectivity index (χ0) is 12.5. The van der Waals surface area contributed by atoms with E-state index < -0.39 is 0 Å². The molecule has 2 rings (SSSR count). The summed E-state index contributed by atoms with van der Waals surface area (Å²) in [6.07, 6.45) is 5.86. The second kappa shape index (κ2) is 6.25. The van der Waals surface area contributed by atoms with Crippen molar-refractivity contribution in [1.29, 1.82) is 0 Å². The maximum absolute atomic E-state index is 12.3. The highest BCUT2D eigenvalue weighted by molar-refractivity contribution is 5.85. The molecule has 4 heteroatoms. The van der Waals surface area contributed by atoms with Crippen LogP contribution >= 0.6 is 12.4 Å². The van der Waals surface area contributed by atoms with Crippen molar-refractivity contribution < 1.29 is 4.79 Å². The van der Waals surface area contributed by atoms with Gasteiger partial charge in [0.2, 0.25) is 5.91 Å². The fourth-order valence-corrected chi connectivity index (χ4v) is 3.10. The summed E-state index contributed by atoms with van der Waals surface area (Å²) in [5.41, 5.74) is 0.481. The van der Waals surface area contributed by atoms with Gasteiger partial charge < -0.3 is 10.2 Å². The molecule has 1 saturated carbocycles. The third-order valence-corrected chi connectivity index (χ3v) is 4.61. The fraction of sp³-hybridized carbons (Fsp3) is 0.929. The second-order valence-electron chi connectivity index (χ2n) is 6.53. The lowest BCUT2D eigenvalue weighted by molar-refractivity contribution is -0.136. The number of carbonyl (C=O) groups excluding carboxylic acids is 1. The van der Waals surface area contributed by atoms with Gasteiger partial charge in [0.15, 0.2) is 0 Å². The molecule has 0 spiro atoms. The summed E-state index contributed by atoms with van der Waals surface area (Å²) in [5.74, 6) is 0.592. The molecule has 106 valence electrons. The zero-order valence-corrected chi connectivity index (χ0v) is 12.7. The zero-order valence-electron chi connectivity index (χ0n) is 11.9. The van der Waals surface area contributed by atoms with Gasteiger partial charge >= 0.3 is 0 Å². The topological polar surface area (TPSA) is 32.3 Å². The lowest BCUT2D eigenvalue weighted by atomic mass is 9.75. The minimum absolute atomic E-state index is 0. The van der Waals surface area contributed by atoms with Crippen molar-refractivity contribution >= 4 is 18.3 Å². The van der Waals surface area contributed by atoms with E-state index in [4.69, 9.17) is 0 Å². The molecule has 0 aromatic carbocycles. The van der Waals surface area contributed by atoms with E-state index in [1.807, 2.05) is 11.9 Å². The maximum Gasteiger partial charge on any atom is 0.227 e. The van der Waals surface area contributed by atoms with Crippen LogP contribution in [-0.4, -0.2) is 37.0 Å². The molecule has 0 aromatic heterocycles. The van der Waals surface area contributed by atoms with E-state index in [1.54, 1.807) is 0 Å². The van der Waals surface area contributed by atoms with Crippen LogP contribution in [0, 0.1) is 11.3 Å². The van der Waals surface area contributed by atoms with Crippen molar-refractivity contribution in [1.82, 2.24) is 10.2 Å². The fourth-order valence-electron chi connectivity index (χ4n) is 3.10. The number of rotatable bonds is 2. The van der Waals surface area contributed by atoms with Crippen LogP contribution in [0.1, 0.15) is 46.0 Å². The van der Waals surface area contributed by atoms with E-state index in [9.17, 15) is 4.79 Å². The Bertz CT molecular complexity index is 278. The molecular weight excluding hydrogens is 248 g/mol. The Morgan fingerprint density at radius 3 is 2.33 bits per heavy atom. The number of halogens is 1. The quantitative estimate of drug-likeness (QED) is 0.839. The van der Waals surface area contributed by atoms with Gasteiger partial charge in [-0.3, -0.25) is 4.79 Å². The van der Waals surface area contributed by atoms with E-state index in [0.29, 0.717) is 17.4 Å². The molecular formula is C14H27ClN2O. The van der Waals surface area contributed by atoms with Crippen molar-refractivity contribution in [3.8, 4) is 0 Å². The molecule has 1 heterocycles. The predicted molar refractivity (Wildman–Crippen MR) is 77.0 cm³/mol. The third-order valence-electron chi connectivity index (χ3n) is 4.61. The summed E-state index contributed by atoms with van der Waals surface area (Å²) in [4.78, 5) is 14.3. The Hall–Kier alpha value is -0.280. The van der Waals surface area contributed by atoms with Crippen LogP contribution in [0.2, 0.25) is 0 Å². The summed E-state index contributed by atoms with van der Waals surface area (Å²) < 4.78 is 0. The maximum atomic E-state index is 12.3. The van der Waals surface area contributed by atoms with Gasteiger partial charge in [-0.1, -0.05) is 13.8 Å². The number of amides is 1. The van der Waals surface area contributed by atoms with Gasteiger partial charge in [0, 0.05) is 19.6 Å². The van der Waals surface area contributed by atoms with Gasteiger partial charge in [-0.15, -0.1) is 12.4 Å². The molecule has 2 aliphatic rings. The molecule has 0 aromatic rings. The van der Waals surface area contributed by atoms with Gasteiger partial charge in [-0.25, -0.2) is 0 Å². The largest absolute Gasteiger partial charge is 0.342 e. The molecule has 3 nitrogen and oxygen atoms in total. The molecule has 1 saturated heterocycles. The Morgan fingerprint density at radius 1 is 1.22 bits per heavy atom. The van der Waals surface area contributed by atoms with Gasteiger partial charge in [0.05, 0.1) is 5.92 Å². The van der Waals surface area contributed by atoms with Crippen LogP contribution in [0.25, 0.3) is 0 Å². The van der Waals surface area contributed by atoms with Crippen molar-refractivity contribution in [3.63, 3.8) is 0 Å². The first-order valence-electron chi connectivity index (χ1n) is 6.97. The summed E-state index contributed by atoms with van der Waals surface area (Å²) in [5, 5.41) is 3.28. The van der Waals surface area contributed by atoms with Crippen LogP contribution in [-0.2, 0) is 4.79 Å². The molecule has 2 fully saturated rings.